The second-order valence-corrected chi connectivity index (χ2v) is 2.67. The predicted molar refractivity (Wildman–Crippen MR) is 43.7 cm³/mol. The Labute approximate surface area is 78.0 Å². The van der Waals surface area contributed by atoms with E-state index in [1.807, 2.05) is 0 Å². The van der Waals surface area contributed by atoms with Gasteiger partial charge in [0.1, 0.15) is 5.82 Å². The Kier molecular flexibility index (Phi) is 2.73. The lowest BCUT2D eigenvalue weighted by molar-refractivity contribution is -0.167. The van der Waals surface area contributed by atoms with Crippen LogP contribution in [0.15, 0.2) is 18.3 Å². The number of hydrogen-bond acceptors (Lipinski definition) is 2. The fraction of sp³-hybridized carbons (Fsp3) is 0.250. The van der Waals surface area contributed by atoms with E-state index < -0.39 is 12.1 Å². The Balaban J connectivity index is 2.75. The fourth-order valence-electron chi connectivity index (χ4n) is 0.792. The Bertz CT molecular complexity index is 349. The number of carbonyl (C=O) groups is 1. The average Bonchev–Trinajstić information content (AvgIpc) is 2.02. The summed E-state index contributed by atoms with van der Waals surface area (Å²) in [5, 5.41) is 1.65. The molecule has 14 heavy (non-hydrogen) atoms. The van der Waals surface area contributed by atoms with Crippen molar-refractivity contribution in [3.05, 3.63) is 23.9 Å². The van der Waals surface area contributed by atoms with Gasteiger partial charge >= 0.3 is 12.1 Å². The van der Waals surface area contributed by atoms with Gasteiger partial charge in [0.25, 0.3) is 0 Å². The van der Waals surface area contributed by atoms with Crippen molar-refractivity contribution in [3.8, 4) is 0 Å². The van der Waals surface area contributed by atoms with Crippen LogP contribution in [0.1, 0.15) is 5.56 Å². The summed E-state index contributed by atoms with van der Waals surface area (Å²) in [6.07, 6.45) is -3.56. The highest BCUT2D eigenvalue weighted by Crippen LogP contribution is 2.17. The van der Waals surface area contributed by atoms with E-state index in [-0.39, 0.29) is 5.82 Å². The zero-order valence-corrected chi connectivity index (χ0v) is 7.22. The first kappa shape index (κ1) is 10.5. The number of hydrogen-bond donors (Lipinski definition) is 1. The van der Waals surface area contributed by atoms with Gasteiger partial charge in [0.05, 0.1) is 0 Å². The lowest BCUT2D eigenvalue weighted by Gasteiger charge is -2.06. The highest BCUT2D eigenvalue weighted by Gasteiger charge is 2.38. The Morgan fingerprint density at radius 2 is 2.14 bits per heavy atom. The van der Waals surface area contributed by atoms with Crippen LogP contribution in [0.25, 0.3) is 0 Å². The fourth-order valence-corrected chi connectivity index (χ4v) is 0.792. The van der Waals surface area contributed by atoms with E-state index in [2.05, 4.69) is 4.98 Å². The molecule has 0 aliphatic heterocycles. The molecule has 1 aromatic rings. The van der Waals surface area contributed by atoms with Gasteiger partial charge < -0.3 is 5.32 Å². The van der Waals surface area contributed by atoms with Crippen molar-refractivity contribution in [2.24, 2.45) is 0 Å². The molecule has 0 fully saturated rings. The van der Waals surface area contributed by atoms with Gasteiger partial charge in [-0.3, -0.25) is 4.79 Å². The van der Waals surface area contributed by atoms with Crippen molar-refractivity contribution in [3.63, 3.8) is 0 Å². The first-order valence-electron chi connectivity index (χ1n) is 3.70. The van der Waals surface area contributed by atoms with Crippen LogP contribution >= 0.6 is 0 Å². The third kappa shape index (κ3) is 2.72. The van der Waals surface area contributed by atoms with Crippen molar-refractivity contribution in [1.82, 2.24) is 4.98 Å². The van der Waals surface area contributed by atoms with Crippen LogP contribution in [-0.2, 0) is 4.79 Å². The molecule has 1 amide bonds. The molecule has 0 saturated carbocycles. The molecule has 0 aliphatic carbocycles. The van der Waals surface area contributed by atoms with Crippen LogP contribution < -0.4 is 5.32 Å². The number of anilines is 1. The monoisotopic (exact) mass is 204 g/mol. The maximum Gasteiger partial charge on any atom is 0.471 e. The summed E-state index contributed by atoms with van der Waals surface area (Å²) in [5.41, 5.74) is 0.720. The molecule has 0 radical (unpaired) electrons. The van der Waals surface area contributed by atoms with Crippen LogP contribution in [0.3, 0.4) is 0 Å². The molecule has 76 valence electrons. The van der Waals surface area contributed by atoms with Gasteiger partial charge in [-0.25, -0.2) is 4.98 Å². The largest absolute Gasteiger partial charge is 0.471 e. The summed E-state index contributed by atoms with van der Waals surface area (Å²) in [6, 6.07) is 2.97. The summed E-state index contributed by atoms with van der Waals surface area (Å²) in [6.45, 7) is 1.69. The lowest BCUT2D eigenvalue weighted by atomic mass is 10.3. The maximum atomic E-state index is 11.8. The molecule has 0 spiro atoms. The molecular weight excluding hydrogens is 197 g/mol. The predicted octanol–water partition coefficient (Wildman–Crippen LogP) is 1.89. The Morgan fingerprint density at radius 1 is 1.50 bits per heavy atom. The van der Waals surface area contributed by atoms with E-state index in [0.717, 1.165) is 5.56 Å². The van der Waals surface area contributed by atoms with Gasteiger partial charge in [0.2, 0.25) is 0 Å². The Hall–Kier alpha value is -1.59. The van der Waals surface area contributed by atoms with Crippen LogP contribution in [-0.4, -0.2) is 17.1 Å². The minimum atomic E-state index is -4.88. The average molecular weight is 204 g/mol. The SMILES string of the molecule is Cc1ccnc(NC(=O)C(F)(F)F)c1. The van der Waals surface area contributed by atoms with Gasteiger partial charge in [-0.15, -0.1) is 0 Å². The van der Waals surface area contributed by atoms with Crippen molar-refractivity contribution in [2.45, 2.75) is 13.1 Å². The number of carbonyl (C=O) groups excluding carboxylic acids is 1. The van der Waals surface area contributed by atoms with E-state index in [1.54, 1.807) is 18.3 Å². The van der Waals surface area contributed by atoms with E-state index in [9.17, 15) is 18.0 Å². The van der Waals surface area contributed by atoms with Gasteiger partial charge in [0.15, 0.2) is 0 Å². The molecule has 0 bridgehead atoms. The Morgan fingerprint density at radius 3 is 2.64 bits per heavy atom. The molecule has 1 aromatic heterocycles. The maximum absolute atomic E-state index is 11.8. The van der Waals surface area contributed by atoms with Crippen molar-refractivity contribution >= 4 is 11.7 Å². The number of nitrogens with one attached hydrogen (secondary N) is 1. The minimum Gasteiger partial charge on any atom is -0.303 e. The van der Waals surface area contributed by atoms with E-state index in [4.69, 9.17) is 0 Å². The lowest BCUT2D eigenvalue weighted by Crippen LogP contribution is -2.30. The number of halogens is 3. The van der Waals surface area contributed by atoms with Crippen LogP contribution in [0.4, 0.5) is 19.0 Å². The zero-order valence-electron chi connectivity index (χ0n) is 7.22. The quantitative estimate of drug-likeness (QED) is 0.758. The minimum absolute atomic E-state index is 0.104. The summed E-state index contributed by atoms with van der Waals surface area (Å²) < 4.78 is 35.4. The van der Waals surface area contributed by atoms with Gasteiger partial charge in [0, 0.05) is 6.20 Å². The number of pyridine rings is 1. The number of aromatic nitrogens is 1. The molecule has 1 rings (SSSR count). The molecule has 0 unspecified atom stereocenters. The first-order chi connectivity index (χ1) is 6.39. The van der Waals surface area contributed by atoms with Gasteiger partial charge in [-0.2, -0.15) is 13.2 Å². The number of aryl methyl sites for hydroxylation is 1. The molecule has 0 aliphatic rings. The molecular formula is C8H7F3N2O. The van der Waals surface area contributed by atoms with Gasteiger partial charge in [-0.1, -0.05) is 0 Å². The summed E-state index contributed by atoms with van der Waals surface area (Å²) in [5.74, 6) is -2.12. The summed E-state index contributed by atoms with van der Waals surface area (Å²) >= 11 is 0. The van der Waals surface area contributed by atoms with Gasteiger partial charge in [-0.05, 0) is 24.6 Å². The first-order valence-corrected chi connectivity index (χ1v) is 3.70. The molecule has 3 nitrogen and oxygen atoms in total. The highest BCUT2D eigenvalue weighted by molar-refractivity contribution is 5.94. The van der Waals surface area contributed by atoms with Crippen molar-refractivity contribution in [2.75, 3.05) is 5.32 Å². The third-order valence-corrected chi connectivity index (χ3v) is 1.41. The van der Waals surface area contributed by atoms with Crippen LogP contribution in [0.5, 0.6) is 0 Å². The normalized spacial score (nSPS) is 11.1. The second kappa shape index (κ2) is 3.65. The van der Waals surface area contributed by atoms with Crippen molar-refractivity contribution < 1.29 is 18.0 Å². The molecule has 0 atom stereocenters. The van der Waals surface area contributed by atoms with Crippen molar-refractivity contribution in [1.29, 1.82) is 0 Å². The smallest absolute Gasteiger partial charge is 0.303 e. The number of nitrogens with zero attached hydrogens (tertiary/aromatic N) is 1. The van der Waals surface area contributed by atoms with Crippen LogP contribution in [0.2, 0.25) is 0 Å². The third-order valence-electron chi connectivity index (χ3n) is 1.41. The second-order valence-electron chi connectivity index (χ2n) is 2.67. The number of amides is 1. The summed E-state index contributed by atoms with van der Waals surface area (Å²) in [7, 11) is 0. The molecule has 1 N–H and O–H groups in total. The standard InChI is InChI=1S/C8H7F3N2O/c1-5-2-3-12-6(4-5)13-7(14)8(9,10)11/h2-4H,1H3,(H,12,13,14). The van der Waals surface area contributed by atoms with E-state index >= 15 is 0 Å². The highest BCUT2D eigenvalue weighted by atomic mass is 19.4. The topological polar surface area (TPSA) is 42.0 Å². The number of alkyl halides is 3. The van der Waals surface area contributed by atoms with E-state index in [1.165, 1.54) is 12.3 Å². The zero-order chi connectivity index (χ0) is 10.8. The van der Waals surface area contributed by atoms with E-state index in [0.29, 0.717) is 0 Å². The summed E-state index contributed by atoms with van der Waals surface area (Å²) in [4.78, 5) is 14.0. The van der Waals surface area contributed by atoms with Crippen LogP contribution in [0, 0.1) is 6.92 Å². The number of rotatable bonds is 1. The molecule has 0 saturated heterocycles. The molecule has 0 aromatic carbocycles. The molecule has 1 heterocycles. The molecule has 6 heteroatoms.